The zero-order valence-corrected chi connectivity index (χ0v) is 12.7. The van der Waals surface area contributed by atoms with Crippen molar-refractivity contribution in [1.29, 1.82) is 0 Å². The maximum atomic E-state index is 5.81. The Morgan fingerprint density at radius 2 is 1.89 bits per heavy atom. The summed E-state index contributed by atoms with van der Waals surface area (Å²) in [7, 11) is 0. The molecule has 2 heteroatoms. The number of hydrogen-bond donors (Lipinski definition) is 1. The van der Waals surface area contributed by atoms with Crippen molar-refractivity contribution in [2.75, 3.05) is 6.61 Å². The minimum atomic E-state index is 0.305. The lowest BCUT2D eigenvalue weighted by Gasteiger charge is -2.53. The molecule has 18 heavy (non-hydrogen) atoms. The van der Waals surface area contributed by atoms with Crippen molar-refractivity contribution < 1.29 is 4.74 Å². The fraction of sp³-hybridized carbons (Fsp3) is 1.00. The first-order chi connectivity index (χ1) is 8.55. The molecule has 0 aliphatic heterocycles. The fourth-order valence-corrected chi connectivity index (χ4v) is 3.74. The van der Waals surface area contributed by atoms with Gasteiger partial charge in [-0.3, -0.25) is 0 Å². The molecule has 2 unspecified atom stereocenters. The van der Waals surface area contributed by atoms with Crippen LogP contribution in [0.25, 0.3) is 0 Å². The van der Waals surface area contributed by atoms with E-state index in [9.17, 15) is 0 Å². The molecule has 0 bridgehead atoms. The molecule has 2 aliphatic carbocycles. The van der Waals surface area contributed by atoms with Crippen molar-refractivity contribution in [1.82, 2.24) is 5.32 Å². The Bertz CT molecular complexity index is 258. The first kappa shape index (κ1) is 14.3. The van der Waals surface area contributed by atoms with Crippen LogP contribution in [0, 0.1) is 11.3 Å². The third kappa shape index (κ3) is 2.91. The Kier molecular flexibility index (Phi) is 4.71. The molecule has 0 aromatic carbocycles. The van der Waals surface area contributed by atoms with Gasteiger partial charge in [0.15, 0.2) is 0 Å². The Morgan fingerprint density at radius 1 is 1.22 bits per heavy atom. The zero-order valence-electron chi connectivity index (χ0n) is 12.7. The van der Waals surface area contributed by atoms with Crippen molar-refractivity contribution in [2.45, 2.75) is 84.4 Å². The third-order valence-corrected chi connectivity index (χ3v) is 5.37. The first-order valence-corrected chi connectivity index (χ1v) is 7.93. The topological polar surface area (TPSA) is 21.3 Å². The molecule has 0 aromatic rings. The van der Waals surface area contributed by atoms with E-state index < -0.39 is 0 Å². The molecule has 2 nitrogen and oxygen atoms in total. The monoisotopic (exact) mass is 253 g/mol. The van der Waals surface area contributed by atoms with E-state index in [0.717, 1.165) is 12.5 Å². The molecule has 2 rings (SSSR count). The lowest BCUT2D eigenvalue weighted by molar-refractivity contribution is -0.117. The van der Waals surface area contributed by atoms with Gasteiger partial charge >= 0.3 is 0 Å². The molecule has 3 atom stereocenters. The highest BCUT2D eigenvalue weighted by molar-refractivity contribution is 5.03. The Balaban J connectivity index is 1.79. The van der Waals surface area contributed by atoms with Gasteiger partial charge in [0, 0.05) is 24.1 Å². The Hall–Kier alpha value is -0.0800. The van der Waals surface area contributed by atoms with E-state index in [4.69, 9.17) is 4.74 Å². The molecule has 2 fully saturated rings. The summed E-state index contributed by atoms with van der Waals surface area (Å²) in [6.07, 6.45) is 8.83. The molecule has 0 radical (unpaired) electrons. The predicted octanol–water partition coefficient (Wildman–Crippen LogP) is 3.75. The Labute approximate surface area is 113 Å². The summed E-state index contributed by atoms with van der Waals surface area (Å²) in [6.45, 7) is 10.0. The molecular formula is C16H31NO. The van der Waals surface area contributed by atoms with Crippen molar-refractivity contribution in [2.24, 2.45) is 11.3 Å². The predicted molar refractivity (Wildman–Crippen MR) is 76.8 cm³/mol. The smallest absolute Gasteiger partial charge is 0.0655 e. The van der Waals surface area contributed by atoms with Crippen LogP contribution in [0.15, 0.2) is 0 Å². The van der Waals surface area contributed by atoms with Crippen LogP contribution in [0.2, 0.25) is 0 Å². The molecular weight excluding hydrogens is 222 g/mol. The van der Waals surface area contributed by atoms with Crippen LogP contribution in [-0.2, 0) is 4.74 Å². The van der Waals surface area contributed by atoms with Crippen LogP contribution in [0.5, 0.6) is 0 Å². The minimum Gasteiger partial charge on any atom is -0.378 e. The number of nitrogens with one attached hydrogen (secondary N) is 1. The van der Waals surface area contributed by atoms with Gasteiger partial charge in [0.25, 0.3) is 0 Å². The molecule has 0 saturated heterocycles. The lowest BCUT2D eigenvalue weighted by Crippen LogP contribution is -2.63. The first-order valence-electron chi connectivity index (χ1n) is 7.93. The van der Waals surface area contributed by atoms with Crippen LogP contribution in [0.4, 0.5) is 0 Å². The molecule has 0 heterocycles. The van der Waals surface area contributed by atoms with Crippen molar-refractivity contribution in [3.05, 3.63) is 0 Å². The quantitative estimate of drug-likeness (QED) is 0.805. The van der Waals surface area contributed by atoms with Gasteiger partial charge in [0.05, 0.1) is 6.10 Å². The number of ether oxygens (including phenoxy) is 1. The molecule has 0 amide bonds. The van der Waals surface area contributed by atoms with Crippen LogP contribution in [0.3, 0.4) is 0 Å². The van der Waals surface area contributed by atoms with Gasteiger partial charge in [-0.1, -0.05) is 33.1 Å². The molecule has 2 saturated carbocycles. The lowest BCUT2D eigenvalue weighted by atomic mass is 9.64. The normalized spacial score (nSPS) is 34.0. The van der Waals surface area contributed by atoms with Crippen molar-refractivity contribution in [3.8, 4) is 0 Å². The minimum absolute atomic E-state index is 0.305. The summed E-state index contributed by atoms with van der Waals surface area (Å²) in [5.74, 6) is 0.903. The van der Waals surface area contributed by atoms with Crippen molar-refractivity contribution in [3.63, 3.8) is 0 Å². The molecule has 2 aliphatic rings. The van der Waals surface area contributed by atoms with Gasteiger partial charge in [-0.15, -0.1) is 0 Å². The highest BCUT2D eigenvalue weighted by Crippen LogP contribution is 2.43. The van der Waals surface area contributed by atoms with Gasteiger partial charge < -0.3 is 10.1 Å². The van der Waals surface area contributed by atoms with E-state index in [2.05, 4.69) is 33.0 Å². The Morgan fingerprint density at radius 3 is 2.44 bits per heavy atom. The highest BCUT2D eigenvalue weighted by atomic mass is 16.5. The zero-order chi connectivity index (χ0) is 13.2. The summed E-state index contributed by atoms with van der Waals surface area (Å²) in [6, 6.07) is 1.32. The number of rotatable bonds is 5. The van der Waals surface area contributed by atoms with Gasteiger partial charge in [-0.2, -0.15) is 0 Å². The summed E-state index contributed by atoms with van der Waals surface area (Å²) in [4.78, 5) is 0. The summed E-state index contributed by atoms with van der Waals surface area (Å²) >= 11 is 0. The summed E-state index contributed by atoms with van der Waals surface area (Å²) < 4.78 is 5.81. The molecule has 0 aromatic heterocycles. The molecule has 0 spiro atoms. The van der Waals surface area contributed by atoms with E-state index in [1.807, 2.05) is 0 Å². The van der Waals surface area contributed by atoms with Gasteiger partial charge in [-0.25, -0.2) is 0 Å². The SMILES string of the molecule is CCOC1CC(N[C@@H](C)C2CCCCC2)C1(C)C. The van der Waals surface area contributed by atoms with Crippen molar-refractivity contribution >= 4 is 0 Å². The standard InChI is InChI=1S/C16H31NO/c1-5-18-15-11-14(16(15,3)4)17-12(2)13-9-7-6-8-10-13/h12-15,17H,5-11H2,1-4H3/t12-,14?,15?/m0/s1. The average Bonchev–Trinajstić information content (AvgIpc) is 2.38. The molecule has 106 valence electrons. The van der Waals surface area contributed by atoms with Crippen LogP contribution < -0.4 is 5.32 Å². The average molecular weight is 253 g/mol. The maximum Gasteiger partial charge on any atom is 0.0655 e. The third-order valence-electron chi connectivity index (χ3n) is 5.37. The van der Waals surface area contributed by atoms with Crippen LogP contribution in [0.1, 0.15) is 66.2 Å². The molecule has 1 N–H and O–H groups in total. The van der Waals surface area contributed by atoms with E-state index in [-0.39, 0.29) is 0 Å². The van der Waals surface area contributed by atoms with Gasteiger partial charge in [0.1, 0.15) is 0 Å². The summed E-state index contributed by atoms with van der Waals surface area (Å²) in [5.41, 5.74) is 0.305. The highest BCUT2D eigenvalue weighted by Gasteiger charge is 2.49. The van der Waals surface area contributed by atoms with E-state index >= 15 is 0 Å². The second kappa shape index (κ2) is 5.92. The fourth-order valence-electron chi connectivity index (χ4n) is 3.74. The summed E-state index contributed by atoms with van der Waals surface area (Å²) in [5, 5.41) is 3.88. The van der Waals surface area contributed by atoms with E-state index in [0.29, 0.717) is 23.6 Å². The number of hydrogen-bond acceptors (Lipinski definition) is 2. The largest absolute Gasteiger partial charge is 0.378 e. The van der Waals surface area contributed by atoms with E-state index in [1.54, 1.807) is 0 Å². The second-order valence-corrected chi connectivity index (χ2v) is 6.91. The second-order valence-electron chi connectivity index (χ2n) is 6.91. The maximum absolute atomic E-state index is 5.81. The van der Waals surface area contributed by atoms with Crippen LogP contribution >= 0.6 is 0 Å². The van der Waals surface area contributed by atoms with E-state index in [1.165, 1.54) is 38.5 Å². The van der Waals surface area contributed by atoms with Crippen LogP contribution in [-0.4, -0.2) is 24.8 Å². The van der Waals surface area contributed by atoms with Gasteiger partial charge in [-0.05, 0) is 39.0 Å². The van der Waals surface area contributed by atoms with Gasteiger partial charge in [0.2, 0.25) is 0 Å².